The highest BCUT2D eigenvalue weighted by Crippen LogP contribution is 2.44. The maximum atomic E-state index is 13.0. The van der Waals surface area contributed by atoms with Gasteiger partial charge in [0, 0.05) is 9.50 Å². The lowest BCUT2D eigenvalue weighted by atomic mass is 10.0. The van der Waals surface area contributed by atoms with Crippen molar-refractivity contribution in [3.8, 4) is 0 Å². The summed E-state index contributed by atoms with van der Waals surface area (Å²) in [6.07, 6.45) is -5.72. The molecule has 0 aromatic heterocycles. The molecule has 0 amide bonds. The van der Waals surface area contributed by atoms with E-state index in [4.69, 9.17) is 17.3 Å². The fourth-order valence-corrected chi connectivity index (χ4v) is 1.74. The Morgan fingerprint density at radius 2 is 1.67 bits per heavy atom. The minimum Gasteiger partial charge on any atom is -0.319 e. The van der Waals surface area contributed by atoms with E-state index in [-0.39, 0.29) is 17.4 Å². The van der Waals surface area contributed by atoms with Crippen molar-refractivity contribution in [1.29, 1.82) is 0 Å². The largest absolute Gasteiger partial charge is 0.455 e. The van der Waals surface area contributed by atoms with Crippen LogP contribution < -0.4 is 5.73 Å². The second kappa shape index (κ2) is 5.90. The second-order valence-electron chi connectivity index (χ2n) is 3.26. The third-order valence-electron chi connectivity index (χ3n) is 2.06. The van der Waals surface area contributed by atoms with E-state index in [2.05, 4.69) is 15.9 Å². The molecule has 0 radical (unpaired) electrons. The topological polar surface area (TPSA) is 26.0 Å². The van der Waals surface area contributed by atoms with E-state index < -0.39 is 23.7 Å². The molecule has 0 heterocycles. The molecule has 0 spiro atoms. The first-order valence-electron chi connectivity index (χ1n) is 4.22. The normalized spacial score (nSPS) is 14.0. The summed E-state index contributed by atoms with van der Waals surface area (Å²) >= 11 is 8.49. The van der Waals surface area contributed by atoms with Crippen molar-refractivity contribution < 1.29 is 22.0 Å². The van der Waals surface area contributed by atoms with E-state index >= 15 is 0 Å². The van der Waals surface area contributed by atoms with Crippen LogP contribution in [-0.2, 0) is 0 Å². The number of rotatable bonds is 2. The van der Waals surface area contributed by atoms with E-state index in [9.17, 15) is 22.0 Å². The standard InChI is InChI=1S/C9H6BrClF5N.ClH/c10-4-1-2-6(11)5(3-4)7(17)8(12,13)9(14,15)16;/h1-3,7H,17H2;1H/t7-;/m1./s1. The third-order valence-corrected chi connectivity index (χ3v) is 2.90. The van der Waals surface area contributed by atoms with Crippen LogP contribution >= 0.6 is 39.9 Å². The molecule has 0 unspecified atom stereocenters. The number of hydrogen-bond donors (Lipinski definition) is 1. The van der Waals surface area contributed by atoms with Crippen LogP contribution in [0.15, 0.2) is 22.7 Å². The molecule has 18 heavy (non-hydrogen) atoms. The molecule has 0 saturated carbocycles. The van der Waals surface area contributed by atoms with E-state index in [0.717, 1.165) is 6.07 Å². The molecule has 1 nitrogen and oxygen atoms in total. The Bertz CT molecular complexity index is 424. The van der Waals surface area contributed by atoms with Crippen LogP contribution in [0.4, 0.5) is 22.0 Å². The fraction of sp³-hybridized carbons (Fsp3) is 0.333. The molecule has 1 aromatic carbocycles. The van der Waals surface area contributed by atoms with Gasteiger partial charge in [0.05, 0.1) is 0 Å². The minimum absolute atomic E-state index is 0. The predicted molar refractivity (Wildman–Crippen MR) is 64.3 cm³/mol. The highest BCUT2D eigenvalue weighted by atomic mass is 79.9. The van der Waals surface area contributed by atoms with Crippen molar-refractivity contribution in [3.05, 3.63) is 33.3 Å². The number of hydrogen-bond acceptors (Lipinski definition) is 1. The Morgan fingerprint density at radius 3 is 2.11 bits per heavy atom. The zero-order valence-electron chi connectivity index (χ0n) is 8.44. The molecule has 0 fully saturated rings. The summed E-state index contributed by atoms with van der Waals surface area (Å²) in [6, 6.07) is 1.08. The van der Waals surface area contributed by atoms with Crippen molar-refractivity contribution in [2.24, 2.45) is 5.73 Å². The minimum atomic E-state index is -5.72. The molecule has 0 saturated heterocycles. The van der Waals surface area contributed by atoms with Crippen molar-refractivity contribution in [1.82, 2.24) is 0 Å². The molecule has 1 aromatic rings. The first kappa shape index (κ1) is 17.9. The first-order valence-corrected chi connectivity index (χ1v) is 5.39. The maximum absolute atomic E-state index is 13.0. The van der Waals surface area contributed by atoms with Gasteiger partial charge in [-0.05, 0) is 23.8 Å². The molecule has 104 valence electrons. The van der Waals surface area contributed by atoms with Gasteiger partial charge in [0.15, 0.2) is 0 Å². The van der Waals surface area contributed by atoms with Gasteiger partial charge in [0.1, 0.15) is 6.04 Å². The fourth-order valence-electron chi connectivity index (χ4n) is 1.12. The van der Waals surface area contributed by atoms with Crippen LogP contribution in [0.25, 0.3) is 0 Å². The Morgan fingerprint density at radius 1 is 1.17 bits per heavy atom. The van der Waals surface area contributed by atoms with Crippen molar-refractivity contribution in [3.63, 3.8) is 0 Å². The zero-order chi connectivity index (χ0) is 13.4. The van der Waals surface area contributed by atoms with Crippen LogP contribution in [-0.4, -0.2) is 12.1 Å². The van der Waals surface area contributed by atoms with Gasteiger partial charge in [0.2, 0.25) is 0 Å². The van der Waals surface area contributed by atoms with Gasteiger partial charge in [0.25, 0.3) is 0 Å². The van der Waals surface area contributed by atoms with Crippen molar-refractivity contribution >= 4 is 39.9 Å². The molecular formula is C9H7BrCl2F5N. The summed E-state index contributed by atoms with van der Waals surface area (Å²) in [5.74, 6) is -5.04. The van der Waals surface area contributed by atoms with Gasteiger partial charge >= 0.3 is 12.1 Å². The maximum Gasteiger partial charge on any atom is 0.455 e. The van der Waals surface area contributed by atoms with Gasteiger partial charge in [-0.1, -0.05) is 27.5 Å². The summed E-state index contributed by atoms with van der Waals surface area (Å²) in [5, 5.41) is -0.246. The highest BCUT2D eigenvalue weighted by Gasteiger charge is 2.62. The quantitative estimate of drug-likeness (QED) is 0.744. The molecule has 0 aliphatic heterocycles. The third kappa shape index (κ3) is 3.46. The molecule has 0 aliphatic rings. The van der Waals surface area contributed by atoms with Gasteiger partial charge < -0.3 is 5.73 Å². The van der Waals surface area contributed by atoms with E-state index in [1.807, 2.05) is 0 Å². The van der Waals surface area contributed by atoms with Crippen LogP contribution in [0.2, 0.25) is 5.02 Å². The van der Waals surface area contributed by atoms with Crippen LogP contribution in [0, 0.1) is 0 Å². The zero-order valence-corrected chi connectivity index (χ0v) is 11.6. The molecule has 1 atom stereocenters. The highest BCUT2D eigenvalue weighted by molar-refractivity contribution is 9.10. The lowest BCUT2D eigenvalue weighted by Gasteiger charge is -2.26. The van der Waals surface area contributed by atoms with Gasteiger partial charge in [-0.15, -0.1) is 12.4 Å². The smallest absolute Gasteiger partial charge is 0.319 e. The van der Waals surface area contributed by atoms with Gasteiger partial charge in [-0.25, -0.2) is 0 Å². The van der Waals surface area contributed by atoms with Crippen molar-refractivity contribution in [2.45, 2.75) is 18.1 Å². The number of benzene rings is 1. The SMILES string of the molecule is Cl.N[C@H](c1cc(Br)ccc1Cl)C(F)(F)C(F)(F)F. The molecule has 1 rings (SSSR count). The number of alkyl halides is 5. The predicted octanol–water partition coefficient (Wildman–Crippen LogP) is 4.72. The summed E-state index contributed by atoms with van der Waals surface area (Å²) in [4.78, 5) is 0. The van der Waals surface area contributed by atoms with Gasteiger partial charge in [-0.3, -0.25) is 0 Å². The van der Waals surface area contributed by atoms with Gasteiger partial charge in [-0.2, -0.15) is 22.0 Å². The molecule has 0 bridgehead atoms. The average Bonchev–Trinajstić information content (AvgIpc) is 2.19. The number of halogens is 8. The summed E-state index contributed by atoms with van der Waals surface area (Å²) in [7, 11) is 0. The monoisotopic (exact) mass is 373 g/mol. The Hall–Kier alpha value is -0.110. The Kier molecular flexibility index (Phi) is 5.86. The Labute approximate surface area is 119 Å². The summed E-state index contributed by atoms with van der Waals surface area (Å²) < 4.78 is 62.7. The molecule has 2 N–H and O–H groups in total. The molecule has 0 aliphatic carbocycles. The van der Waals surface area contributed by atoms with Crippen LogP contribution in [0.3, 0.4) is 0 Å². The lowest BCUT2D eigenvalue weighted by Crippen LogP contribution is -2.45. The van der Waals surface area contributed by atoms with Crippen LogP contribution in [0.5, 0.6) is 0 Å². The molecular weight excluding hydrogens is 368 g/mol. The summed E-state index contributed by atoms with van der Waals surface area (Å²) in [5.41, 5.74) is 4.48. The first-order chi connectivity index (χ1) is 7.57. The second-order valence-corrected chi connectivity index (χ2v) is 4.59. The van der Waals surface area contributed by atoms with E-state index in [1.165, 1.54) is 12.1 Å². The van der Waals surface area contributed by atoms with Crippen molar-refractivity contribution in [2.75, 3.05) is 0 Å². The number of nitrogens with two attached hydrogens (primary N) is 1. The van der Waals surface area contributed by atoms with E-state index in [1.54, 1.807) is 0 Å². The van der Waals surface area contributed by atoms with E-state index in [0.29, 0.717) is 4.47 Å². The van der Waals surface area contributed by atoms with Crippen LogP contribution in [0.1, 0.15) is 11.6 Å². The molecule has 9 heteroatoms. The average molecular weight is 375 g/mol. The lowest BCUT2D eigenvalue weighted by molar-refractivity contribution is -0.290. The summed E-state index contributed by atoms with van der Waals surface area (Å²) in [6.45, 7) is 0. The Balaban J connectivity index is 0.00000289.